The molecule has 6 rings (SSSR count). The van der Waals surface area contributed by atoms with Crippen molar-refractivity contribution < 1.29 is 9.59 Å². The van der Waals surface area contributed by atoms with E-state index in [-0.39, 0.29) is 22.5 Å². The summed E-state index contributed by atoms with van der Waals surface area (Å²) in [7, 11) is 0. The summed E-state index contributed by atoms with van der Waals surface area (Å²) in [5.74, 6) is -0.0174. The Morgan fingerprint density at radius 2 is 1.56 bits per heavy atom. The average Bonchev–Trinajstić information content (AvgIpc) is 3.16. The molecule has 2 heterocycles. The molecule has 7 heteroatoms. The third kappa shape index (κ3) is 8.87. The number of aromatic nitrogens is 2. The van der Waals surface area contributed by atoms with Gasteiger partial charge in [0.05, 0.1) is 11.4 Å². The molecule has 0 saturated heterocycles. The third-order valence-electron chi connectivity index (χ3n) is 11.9. The molecule has 52 heavy (non-hydrogen) atoms. The van der Waals surface area contributed by atoms with Crippen LogP contribution in [-0.2, 0) is 36.3 Å². The number of carbonyl (C=O) groups is 2. The van der Waals surface area contributed by atoms with Crippen molar-refractivity contribution in [3.8, 4) is 0 Å². The van der Waals surface area contributed by atoms with Crippen LogP contribution in [0, 0.1) is 17.3 Å². The number of carbonyl (C=O) groups excluding carboxylic acids is 2. The number of nitrogens with zero attached hydrogens (tertiary/aromatic N) is 2. The highest BCUT2D eigenvalue weighted by Crippen LogP contribution is 2.57. The second-order valence-electron chi connectivity index (χ2n) is 16.0. The lowest BCUT2D eigenvalue weighted by Gasteiger charge is -2.55. The number of pyridine rings is 2. The van der Waals surface area contributed by atoms with Gasteiger partial charge in [-0.3, -0.25) is 19.6 Å². The quantitative estimate of drug-likeness (QED) is 0.0622. The largest absolute Gasteiger partial charge is 0.355 e. The van der Waals surface area contributed by atoms with Gasteiger partial charge in [-0.05, 0) is 114 Å². The molecule has 2 aliphatic carbocycles. The van der Waals surface area contributed by atoms with Crippen LogP contribution in [0.1, 0.15) is 116 Å². The normalized spacial score (nSPS) is 21.6. The Labute approximate surface area is 310 Å². The number of rotatable bonds is 16. The first kappa shape index (κ1) is 37.6. The van der Waals surface area contributed by atoms with E-state index in [0.29, 0.717) is 63.0 Å². The number of benzene rings is 2. The molecule has 0 radical (unpaired) electrons. The SMILES string of the molecule is CC(C)c1ccc2c(c1)CC[C@H]1[C@@](C)(CNC(=O)[C@@H](CCCNCc3ccccn3)C(=O)c3ccc(CNCc4ccccn4)cc3)CCC[C@]21C. The fraction of sp³-hybridized carbons (Fsp3) is 0.467. The van der Waals surface area contributed by atoms with Gasteiger partial charge in [0.1, 0.15) is 5.92 Å². The van der Waals surface area contributed by atoms with E-state index in [1.807, 2.05) is 60.7 Å². The minimum absolute atomic E-state index is 0.0428. The summed E-state index contributed by atoms with van der Waals surface area (Å²) in [5, 5.41) is 10.2. The second kappa shape index (κ2) is 17.1. The molecule has 0 spiro atoms. The van der Waals surface area contributed by atoms with E-state index in [2.05, 4.69) is 71.8 Å². The van der Waals surface area contributed by atoms with Crippen LogP contribution in [-0.4, -0.2) is 34.7 Å². The Bertz CT molecular complexity index is 1780. The Morgan fingerprint density at radius 1 is 0.846 bits per heavy atom. The number of ketones is 1. The molecule has 2 aliphatic rings. The highest BCUT2D eigenvalue weighted by Gasteiger charge is 2.51. The Balaban J connectivity index is 1.12. The van der Waals surface area contributed by atoms with Crippen molar-refractivity contribution >= 4 is 11.7 Å². The first-order valence-electron chi connectivity index (χ1n) is 19.4. The molecule has 0 aliphatic heterocycles. The number of hydrogen-bond acceptors (Lipinski definition) is 6. The summed E-state index contributed by atoms with van der Waals surface area (Å²) in [5.41, 5.74) is 8.09. The van der Waals surface area contributed by atoms with E-state index in [1.54, 1.807) is 12.4 Å². The van der Waals surface area contributed by atoms with E-state index in [9.17, 15) is 9.59 Å². The second-order valence-corrected chi connectivity index (χ2v) is 16.0. The number of Topliss-reactive ketones (excluding diaryl/α,β-unsaturated/α-hetero) is 1. The Kier molecular flexibility index (Phi) is 12.3. The maximum Gasteiger partial charge on any atom is 0.230 e. The molecule has 0 bridgehead atoms. The van der Waals surface area contributed by atoms with Gasteiger partial charge in [0.2, 0.25) is 5.91 Å². The molecule has 1 saturated carbocycles. The van der Waals surface area contributed by atoms with Crippen molar-refractivity contribution in [3.05, 3.63) is 130 Å². The van der Waals surface area contributed by atoms with Crippen LogP contribution in [0.2, 0.25) is 0 Å². The molecule has 1 amide bonds. The van der Waals surface area contributed by atoms with Gasteiger partial charge in [0, 0.05) is 44.1 Å². The molecular formula is C45H57N5O2. The van der Waals surface area contributed by atoms with Crippen LogP contribution in [0.25, 0.3) is 0 Å². The monoisotopic (exact) mass is 699 g/mol. The molecule has 1 fully saturated rings. The zero-order valence-corrected chi connectivity index (χ0v) is 31.6. The van der Waals surface area contributed by atoms with Crippen LogP contribution in [0.15, 0.2) is 91.3 Å². The molecule has 4 aromatic rings. The first-order chi connectivity index (χ1) is 25.2. The van der Waals surface area contributed by atoms with Gasteiger partial charge in [-0.25, -0.2) is 0 Å². The number of hydrogen-bond donors (Lipinski definition) is 3. The lowest BCUT2D eigenvalue weighted by Crippen LogP contribution is -2.54. The van der Waals surface area contributed by atoms with Gasteiger partial charge < -0.3 is 16.0 Å². The summed E-state index contributed by atoms with van der Waals surface area (Å²) in [6, 6.07) is 26.7. The van der Waals surface area contributed by atoms with Crippen molar-refractivity contribution in [2.45, 2.75) is 104 Å². The van der Waals surface area contributed by atoms with Crippen LogP contribution in [0.4, 0.5) is 0 Å². The number of fused-ring (bicyclic) bond motifs is 3. The van der Waals surface area contributed by atoms with Crippen molar-refractivity contribution in [3.63, 3.8) is 0 Å². The molecular weight excluding hydrogens is 643 g/mol. The van der Waals surface area contributed by atoms with E-state index < -0.39 is 5.92 Å². The maximum atomic E-state index is 14.1. The zero-order chi connectivity index (χ0) is 36.6. The van der Waals surface area contributed by atoms with Crippen molar-refractivity contribution in [1.29, 1.82) is 0 Å². The lowest BCUT2D eigenvalue weighted by molar-refractivity contribution is -0.125. The van der Waals surface area contributed by atoms with Crippen molar-refractivity contribution in [1.82, 2.24) is 25.9 Å². The van der Waals surface area contributed by atoms with E-state index in [4.69, 9.17) is 0 Å². The highest BCUT2D eigenvalue weighted by atomic mass is 16.2. The first-order valence-corrected chi connectivity index (χ1v) is 19.4. The van der Waals surface area contributed by atoms with Crippen LogP contribution < -0.4 is 16.0 Å². The van der Waals surface area contributed by atoms with Gasteiger partial charge in [-0.1, -0.05) is 88.7 Å². The van der Waals surface area contributed by atoms with Gasteiger partial charge >= 0.3 is 0 Å². The van der Waals surface area contributed by atoms with Crippen LogP contribution in [0.3, 0.4) is 0 Å². The Morgan fingerprint density at radius 3 is 2.23 bits per heavy atom. The van der Waals surface area contributed by atoms with E-state index >= 15 is 0 Å². The fourth-order valence-electron chi connectivity index (χ4n) is 8.98. The van der Waals surface area contributed by atoms with Crippen molar-refractivity contribution in [2.75, 3.05) is 13.1 Å². The molecule has 2 aromatic carbocycles. The predicted octanol–water partition coefficient (Wildman–Crippen LogP) is 8.09. The van der Waals surface area contributed by atoms with Gasteiger partial charge in [0.15, 0.2) is 5.78 Å². The lowest BCUT2D eigenvalue weighted by atomic mass is 9.49. The van der Waals surface area contributed by atoms with Crippen molar-refractivity contribution in [2.24, 2.45) is 17.3 Å². The molecule has 274 valence electrons. The molecule has 3 N–H and O–H groups in total. The van der Waals surface area contributed by atoms with Crippen LogP contribution >= 0.6 is 0 Å². The summed E-state index contributed by atoms with van der Waals surface area (Å²) in [6.07, 6.45) is 10.4. The maximum absolute atomic E-state index is 14.1. The van der Waals surface area contributed by atoms with Gasteiger partial charge in [0.25, 0.3) is 0 Å². The standard InChI is InChI=1S/C45H57N5O2/c1-32(2)35-18-20-40-36(27-35)19-21-41-44(3,22-10-23-45(40,41)4)31-50-43(52)39(13-9-24-46-29-37-11-5-7-25-48-37)42(51)34-16-14-33(15-17-34)28-47-30-38-12-6-8-26-49-38/h5-8,11-12,14-18,20,25-27,32,39,41,46-47H,9-10,13,19,21-24,28-31H2,1-4H3,(H,50,52)/t39-,41-,44+,45+/m0/s1. The molecule has 0 unspecified atom stereocenters. The number of aryl methyl sites for hydroxylation is 1. The minimum atomic E-state index is -0.745. The number of nitrogens with one attached hydrogen (secondary N) is 3. The highest BCUT2D eigenvalue weighted by molar-refractivity contribution is 6.10. The number of amides is 1. The van der Waals surface area contributed by atoms with Gasteiger partial charge in [-0.15, -0.1) is 0 Å². The third-order valence-corrected chi connectivity index (χ3v) is 11.9. The average molecular weight is 700 g/mol. The molecule has 7 nitrogen and oxygen atoms in total. The summed E-state index contributed by atoms with van der Waals surface area (Å²) < 4.78 is 0. The minimum Gasteiger partial charge on any atom is -0.355 e. The van der Waals surface area contributed by atoms with E-state index in [1.165, 1.54) is 23.1 Å². The van der Waals surface area contributed by atoms with Gasteiger partial charge in [-0.2, -0.15) is 0 Å². The fourth-order valence-corrected chi connectivity index (χ4v) is 8.98. The Hall–Kier alpha value is -4.20. The van der Waals surface area contributed by atoms with E-state index in [0.717, 1.165) is 42.6 Å². The molecule has 2 aromatic heterocycles. The van der Waals surface area contributed by atoms with Crippen LogP contribution in [0.5, 0.6) is 0 Å². The smallest absolute Gasteiger partial charge is 0.230 e. The predicted molar refractivity (Wildman–Crippen MR) is 209 cm³/mol. The topological polar surface area (TPSA) is 96.0 Å². The zero-order valence-electron chi connectivity index (χ0n) is 31.6. The molecule has 4 atom stereocenters. The summed E-state index contributed by atoms with van der Waals surface area (Å²) in [4.78, 5) is 37.0. The summed E-state index contributed by atoms with van der Waals surface area (Å²) in [6.45, 7) is 12.7. The summed E-state index contributed by atoms with van der Waals surface area (Å²) >= 11 is 0.